The van der Waals surface area contributed by atoms with E-state index in [4.69, 9.17) is 4.74 Å². The summed E-state index contributed by atoms with van der Waals surface area (Å²) in [7, 11) is 0. The Hall–Kier alpha value is -1.90. The Labute approximate surface area is 98.7 Å². The van der Waals surface area contributed by atoms with Crippen molar-refractivity contribution in [1.82, 2.24) is 0 Å². The van der Waals surface area contributed by atoms with Gasteiger partial charge >= 0.3 is 0 Å². The van der Waals surface area contributed by atoms with Gasteiger partial charge in [-0.1, -0.05) is 13.0 Å². The van der Waals surface area contributed by atoms with E-state index >= 15 is 0 Å². The summed E-state index contributed by atoms with van der Waals surface area (Å²) in [5.41, 5.74) is 0.844. The lowest BCUT2D eigenvalue weighted by molar-refractivity contribution is 0.470. The first-order chi connectivity index (χ1) is 8.17. The van der Waals surface area contributed by atoms with Gasteiger partial charge in [-0.3, -0.25) is 0 Å². The summed E-state index contributed by atoms with van der Waals surface area (Å²) in [5, 5.41) is 0. The number of aryl methyl sites for hydroxylation is 1. The van der Waals surface area contributed by atoms with Gasteiger partial charge in [0.25, 0.3) is 0 Å². The molecule has 17 heavy (non-hydrogen) atoms. The lowest BCUT2D eigenvalue weighted by Gasteiger charge is -2.07. The molecule has 0 radical (unpaired) electrons. The fourth-order valence-electron chi connectivity index (χ4n) is 1.55. The van der Waals surface area contributed by atoms with Crippen LogP contribution in [0.2, 0.25) is 0 Å². The Morgan fingerprint density at radius 2 is 1.71 bits per heavy atom. The molecule has 88 valence electrons. The normalized spacial score (nSPS) is 10.3. The van der Waals surface area contributed by atoms with Crippen molar-refractivity contribution >= 4 is 0 Å². The molecule has 1 nitrogen and oxygen atoms in total. The van der Waals surface area contributed by atoms with E-state index in [9.17, 15) is 8.78 Å². The fourth-order valence-corrected chi connectivity index (χ4v) is 1.55. The van der Waals surface area contributed by atoms with E-state index < -0.39 is 0 Å². The van der Waals surface area contributed by atoms with Crippen molar-refractivity contribution in [2.45, 2.75) is 13.3 Å². The molecule has 0 aliphatic carbocycles. The van der Waals surface area contributed by atoms with Gasteiger partial charge in [0.15, 0.2) is 0 Å². The Bertz CT molecular complexity index is 523. The molecule has 2 rings (SSSR count). The molecule has 0 N–H and O–H groups in total. The molecule has 2 aromatic rings. The van der Waals surface area contributed by atoms with Crippen molar-refractivity contribution in [2.75, 3.05) is 0 Å². The highest BCUT2D eigenvalue weighted by atomic mass is 19.1. The van der Waals surface area contributed by atoms with Crippen LogP contribution in [0.25, 0.3) is 0 Å². The molecule has 0 saturated heterocycles. The average molecular weight is 234 g/mol. The first-order valence-corrected chi connectivity index (χ1v) is 5.40. The van der Waals surface area contributed by atoms with E-state index in [1.165, 1.54) is 24.3 Å². The number of halogens is 2. The summed E-state index contributed by atoms with van der Waals surface area (Å²) < 4.78 is 31.6. The summed E-state index contributed by atoms with van der Waals surface area (Å²) in [5.74, 6) is 0.00970. The third kappa shape index (κ3) is 3.03. The Balaban J connectivity index is 2.26. The predicted octanol–water partition coefficient (Wildman–Crippen LogP) is 4.32. The standard InChI is InChI=1S/C14H12F2O/c1-2-10-6-12(16)9-14(7-10)17-13-5-3-4-11(15)8-13/h3-9H,2H2,1H3. The Morgan fingerprint density at radius 3 is 2.41 bits per heavy atom. The maximum atomic E-state index is 13.2. The second-order valence-corrected chi connectivity index (χ2v) is 3.71. The molecular formula is C14H12F2O. The number of benzene rings is 2. The van der Waals surface area contributed by atoms with Crippen LogP contribution in [-0.2, 0) is 6.42 Å². The lowest BCUT2D eigenvalue weighted by Crippen LogP contribution is -1.89. The van der Waals surface area contributed by atoms with Crippen molar-refractivity contribution in [1.29, 1.82) is 0 Å². The number of rotatable bonds is 3. The number of ether oxygens (including phenoxy) is 1. The molecule has 0 aliphatic rings. The third-order valence-electron chi connectivity index (χ3n) is 2.37. The number of hydrogen-bond donors (Lipinski definition) is 0. The molecule has 0 unspecified atom stereocenters. The van der Waals surface area contributed by atoms with Crippen LogP contribution in [0.3, 0.4) is 0 Å². The van der Waals surface area contributed by atoms with E-state index in [1.54, 1.807) is 18.2 Å². The summed E-state index contributed by atoms with van der Waals surface area (Å²) >= 11 is 0. The van der Waals surface area contributed by atoms with Crippen LogP contribution in [0.1, 0.15) is 12.5 Å². The average Bonchev–Trinajstić information content (AvgIpc) is 2.28. The Morgan fingerprint density at radius 1 is 0.941 bits per heavy atom. The zero-order valence-corrected chi connectivity index (χ0v) is 9.41. The van der Waals surface area contributed by atoms with Gasteiger partial charge in [-0.25, -0.2) is 8.78 Å². The van der Waals surface area contributed by atoms with E-state index in [0.717, 1.165) is 12.0 Å². The van der Waals surface area contributed by atoms with Crippen LogP contribution in [0, 0.1) is 11.6 Å². The highest BCUT2D eigenvalue weighted by Crippen LogP contribution is 2.24. The molecule has 0 saturated carbocycles. The highest BCUT2D eigenvalue weighted by Gasteiger charge is 2.03. The third-order valence-corrected chi connectivity index (χ3v) is 2.37. The van der Waals surface area contributed by atoms with Crippen LogP contribution in [0.15, 0.2) is 42.5 Å². The van der Waals surface area contributed by atoms with Gasteiger partial charge in [-0.15, -0.1) is 0 Å². The molecule has 3 heteroatoms. The van der Waals surface area contributed by atoms with Crippen molar-refractivity contribution in [3.05, 3.63) is 59.7 Å². The predicted molar refractivity (Wildman–Crippen MR) is 62.3 cm³/mol. The van der Waals surface area contributed by atoms with Crippen LogP contribution in [-0.4, -0.2) is 0 Å². The maximum Gasteiger partial charge on any atom is 0.130 e. The second kappa shape index (κ2) is 4.95. The van der Waals surface area contributed by atoms with Crippen LogP contribution in [0.4, 0.5) is 8.78 Å². The van der Waals surface area contributed by atoms with Crippen LogP contribution in [0.5, 0.6) is 11.5 Å². The van der Waals surface area contributed by atoms with Gasteiger partial charge in [0.05, 0.1) is 0 Å². The lowest BCUT2D eigenvalue weighted by atomic mass is 10.1. The minimum absolute atomic E-state index is 0.351. The van der Waals surface area contributed by atoms with Gasteiger partial charge in [-0.05, 0) is 36.2 Å². The Kier molecular flexibility index (Phi) is 3.38. The SMILES string of the molecule is CCc1cc(F)cc(Oc2cccc(F)c2)c1. The molecule has 0 amide bonds. The first-order valence-electron chi connectivity index (χ1n) is 5.40. The van der Waals surface area contributed by atoms with E-state index in [0.29, 0.717) is 11.5 Å². The quantitative estimate of drug-likeness (QED) is 0.768. The smallest absolute Gasteiger partial charge is 0.130 e. The van der Waals surface area contributed by atoms with Gasteiger partial charge in [-0.2, -0.15) is 0 Å². The molecule has 0 spiro atoms. The summed E-state index contributed by atoms with van der Waals surface area (Å²) in [4.78, 5) is 0. The van der Waals surface area contributed by atoms with Gasteiger partial charge < -0.3 is 4.74 Å². The summed E-state index contributed by atoms with van der Waals surface area (Å²) in [6.45, 7) is 1.93. The minimum atomic E-state index is -0.380. The molecule has 2 aromatic carbocycles. The topological polar surface area (TPSA) is 9.23 Å². The fraction of sp³-hybridized carbons (Fsp3) is 0.143. The summed E-state index contributed by atoms with van der Waals surface area (Å²) in [6.07, 6.45) is 0.720. The van der Waals surface area contributed by atoms with Gasteiger partial charge in [0, 0.05) is 12.1 Å². The number of hydrogen-bond acceptors (Lipinski definition) is 1. The van der Waals surface area contributed by atoms with E-state index in [1.807, 2.05) is 6.92 Å². The summed E-state index contributed by atoms with van der Waals surface area (Å²) in [6, 6.07) is 10.2. The van der Waals surface area contributed by atoms with Crippen LogP contribution < -0.4 is 4.74 Å². The largest absolute Gasteiger partial charge is 0.457 e. The van der Waals surface area contributed by atoms with Crippen molar-refractivity contribution in [3.8, 4) is 11.5 Å². The zero-order valence-electron chi connectivity index (χ0n) is 9.41. The molecule has 0 bridgehead atoms. The van der Waals surface area contributed by atoms with Crippen molar-refractivity contribution in [3.63, 3.8) is 0 Å². The van der Waals surface area contributed by atoms with Crippen molar-refractivity contribution < 1.29 is 13.5 Å². The molecular weight excluding hydrogens is 222 g/mol. The van der Waals surface area contributed by atoms with Crippen molar-refractivity contribution in [2.24, 2.45) is 0 Å². The highest BCUT2D eigenvalue weighted by molar-refractivity contribution is 5.34. The first kappa shape index (κ1) is 11.6. The maximum absolute atomic E-state index is 13.2. The minimum Gasteiger partial charge on any atom is -0.457 e. The van der Waals surface area contributed by atoms with Crippen LogP contribution >= 0.6 is 0 Å². The second-order valence-electron chi connectivity index (χ2n) is 3.71. The van der Waals surface area contributed by atoms with Gasteiger partial charge in [0.1, 0.15) is 23.1 Å². The monoisotopic (exact) mass is 234 g/mol. The molecule has 0 aliphatic heterocycles. The molecule has 0 heterocycles. The molecule has 0 aromatic heterocycles. The molecule has 0 atom stereocenters. The van der Waals surface area contributed by atoms with E-state index in [2.05, 4.69) is 0 Å². The van der Waals surface area contributed by atoms with Gasteiger partial charge in [0.2, 0.25) is 0 Å². The zero-order chi connectivity index (χ0) is 12.3. The molecule has 0 fully saturated rings. The van der Waals surface area contributed by atoms with E-state index in [-0.39, 0.29) is 11.6 Å².